The van der Waals surface area contributed by atoms with Crippen LogP contribution < -0.4 is 20.3 Å². The Morgan fingerprint density at radius 3 is 2.58 bits per heavy atom. The molecule has 0 atom stereocenters. The van der Waals surface area contributed by atoms with Gasteiger partial charge in [-0.1, -0.05) is 35.9 Å². The monoisotopic (exact) mass is 567 g/mol. The van der Waals surface area contributed by atoms with Crippen molar-refractivity contribution in [2.24, 2.45) is 0 Å². The first kappa shape index (κ1) is 25.2. The predicted octanol–water partition coefficient (Wildman–Crippen LogP) is 5.09. The van der Waals surface area contributed by atoms with E-state index in [-0.39, 0.29) is 23.8 Å². The Labute approximate surface area is 220 Å². The molecule has 0 aliphatic carbocycles. The van der Waals surface area contributed by atoms with Crippen molar-refractivity contribution in [2.45, 2.75) is 6.92 Å². The fraction of sp³-hybridized carbons (Fsp3) is 0.0769. The standard InChI is InChI=1S/C26H19BrClN3O5/c1-15-4-2-6-18(10-15)29-23(32)14-36-22-9-8-16(12-21(22)27)11-20-24(33)30-26(35)31(25(20)34)19-7-3-5-17(28)13-19/h2-13H,14H2,1H3,(H,29,32)(H,30,33,35)/b20-11+. The lowest BCUT2D eigenvalue weighted by atomic mass is 10.1. The summed E-state index contributed by atoms with van der Waals surface area (Å²) in [6.07, 6.45) is 1.36. The number of nitrogens with one attached hydrogen (secondary N) is 2. The molecule has 3 aromatic carbocycles. The van der Waals surface area contributed by atoms with Crippen LogP contribution in [0.2, 0.25) is 5.02 Å². The van der Waals surface area contributed by atoms with Gasteiger partial charge >= 0.3 is 6.03 Å². The number of anilines is 2. The number of hydrogen-bond acceptors (Lipinski definition) is 5. The maximum atomic E-state index is 13.0. The van der Waals surface area contributed by atoms with Crippen molar-refractivity contribution in [3.05, 3.63) is 92.9 Å². The number of urea groups is 1. The highest BCUT2D eigenvalue weighted by atomic mass is 79.9. The summed E-state index contributed by atoms with van der Waals surface area (Å²) in [5, 5.41) is 5.26. The van der Waals surface area contributed by atoms with Crippen LogP contribution in [0.5, 0.6) is 5.75 Å². The summed E-state index contributed by atoms with van der Waals surface area (Å²) >= 11 is 9.37. The second-order valence-corrected chi connectivity index (χ2v) is 9.12. The third-order valence-electron chi connectivity index (χ3n) is 5.10. The molecule has 10 heteroatoms. The molecule has 5 amide bonds. The van der Waals surface area contributed by atoms with Crippen LogP contribution in [0.25, 0.3) is 6.08 Å². The minimum absolute atomic E-state index is 0.218. The van der Waals surface area contributed by atoms with Crippen LogP contribution in [0.4, 0.5) is 16.2 Å². The zero-order valence-electron chi connectivity index (χ0n) is 18.9. The lowest BCUT2D eigenvalue weighted by Crippen LogP contribution is -2.54. The number of halogens is 2. The fourth-order valence-electron chi connectivity index (χ4n) is 3.46. The molecule has 0 saturated carbocycles. The average Bonchev–Trinajstić information content (AvgIpc) is 2.81. The molecule has 36 heavy (non-hydrogen) atoms. The smallest absolute Gasteiger partial charge is 0.335 e. The highest BCUT2D eigenvalue weighted by Gasteiger charge is 2.36. The van der Waals surface area contributed by atoms with E-state index in [4.69, 9.17) is 16.3 Å². The molecular weight excluding hydrogens is 550 g/mol. The van der Waals surface area contributed by atoms with Crippen LogP contribution in [0, 0.1) is 6.92 Å². The van der Waals surface area contributed by atoms with E-state index in [0.717, 1.165) is 10.5 Å². The van der Waals surface area contributed by atoms with Crippen LogP contribution in [0.3, 0.4) is 0 Å². The molecule has 1 aliphatic rings. The molecule has 1 fully saturated rings. The Kier molecular flexibility index (Phi) is 7.52. The van der Waals surface area contributed by atoms with Crippen LogP contribution in [-0.4, -0.2) is 30.4 Å². The molecule has 0 bridgehead atoms. The molecule has 1 aliphatic heterocycles. The number of rotatable bonds is 6. The Hall–Kier alpha value is -3.95. The van der Waals surface area contributed by atoms with Crippen molar-refractivity contribution < 1.29 is 23.9 Å². The summed E-state index contributed by atoms with van der Waals surface area (Å²) in [5.41, 5.74) is 2.19. The lowest BCUT2D eigenvalue weighted by Gasteiger charge is -2.26. The first-order valence-corrected chi connectivity index (χ1v) is 11.8. The van der Waals surface area contributed by atoms with Gasteiger partial charge in [0.1, 0.15) is 11.3 Å². The number of imide groups is 2. The summed E-state index contributed by atoms with van der Waals surface area (Å²) < 4.78 is 6.10. The molecule has 182 valence electrons. The van der Waals surface area contributed by atoms with Gasteiger partial charge < -0.3 is 10.1 Å². The zero-order chi connectivity index (χ0) is 25.8. The molecule has 3 aromatic rings. The fourth-order valence-corrected chi connectivity index (χ4v) is 4.16. The largest absolute Gasteiger partial charge is 0.483 e. The summed E-state index contributed by atoms with van der Waals surface area (Å²) in [4.78, 5) is 50.8. The van der Waals surface area contributed by atoms with Crippen molar-refractivity contribution in [1.29, 1.82) is 0 Å². The number of carbonyl (C=O) groups is 4. The molecule has 8 nitrogen and oxygen atoms in total. The molecule has 2 N–H and O–H groups in total. The summed E-state index contributed by atoms with van der Waals surface area (Å²) in [6, 6.07) is 17.6. The Bertz CT molecular complexity index is 1420. The Balaban J connectivity index is 1.48. The van der Waals surface area contributed by atoms with Crippen LogP contribution in [0.15, 0.2) is 76.8 Å². The lowest BCUT2D eigenvalue weighted by molar-refractivity contribution is -0.122. The molecular formula is C26H19BrClN3O5. The van der Waals surface area contributed by atoms with Gasteiger partial charge in [-0.15, -0.1) is 0 Å². The molecule has 0 unspecified atom stereocenters. The van der Waals surface area contributed by atoms with Gasteiger partial charge in [0.2, 0.25) is 0 Å². The maximum absolute atomic E-state index is 13.0. The third kappa shape index (κ3) is 5.81. The first-order chi connectivity index (χ1) is 17.2. The quantitative estimate of drug-likeness (QED) is 0.318. The topological polar surface area (TPSA) is 105 Å². The van der Waals surface area contributed by atoms with Crippen LogP contribution in [0.1, 0.15) is 11.1 Å². The van der Waals surface area contributed by atoms with Crippen molar-refractivity contribution in [1.82, 2.24) is 5.32 Å². The van der Waals surface area contributed by atoms with E-state index < -0.39 is 17.8 Å². The number of amides is 5. The van der Waals surface area contributed by atoms with Gasteiger partial charge in [0.15, 0.2) is 6.61 Å². The van der Waals surface area contributed by atoms with Crippen LogP contribution in [-0.2, 0) is 14.4 Å². The minimum atomic E-state index is -0.863. The number of hydrogen-bond donors (Lipinski definition) is 2. The van der Waals surface area contributed by atoms with E-state index in [1.807, 2.05) is 25.1 Å². The summed E-state index contributed by atoms with van der Waals surface area (Å²) in [5.74, 6) is -1.52. The second-order valence-electron chi connectivity index (χ2n) is 7.83. The number of barbiturate groups is 1. The van der Waals surface area contributed by atoms with E-state index in [0.29, 0.717) is 26.5 Å². The summed E-state index contributed by atoms with van der Waals surface area (Å²) in [6.45, 7) is 1.71. The Morgan fingerprint density at radius 1 is 1.08 bits per heavy atom. The number of benzene rings is 3. The molecule has 1 saturated heterocycles. The summed E-state index contributed by atoms with van der Waals surface area (Å²) in [7, 11) is 0. The van der Waals surface area contributed by atoms with E-state index in [2.05, 4.69) is 26.6 Å². The van der Waals surface area contributed by atoms with Gasteiger partial charge in [-0.3, -0.25) is 19.7 Å². The van der Waals surface area contributed by atoms with Crippen LogP contribution >= 0.6 is 27.5 Å². The minimum Gasteiger partial charge on any atom is -0.483 e. The third-order valence-corrected chi connectivity index (χ3v) is 5.95. The Morgan fingerprint density at radius 2 is 1.86 bits per heavy atom. The van der Waals surface area contributed by atoms with E-state index >= 15 is 0 Å². The number of nitrogens with zero attached hydrogens (tertiary/aromatic N) is 1. The molecule has 4 rings (SSSR count). The molecule has 0 aromatic heterocycles. The van der Waals surface area contributed by atoms with Crippen molar-refractivity contribution in [3.63, 3.8) is 0 Å². The second kappa shape index (κ2) is 10.8. The number of aryl methyl sites for hydroxylation is 1. The predicted molar refractivity (Wildman–Crippen MR) is 140 cm³/mol. The number of ether oxygens (including phenoxy) is 1. The van der Waals surface area contributed by atoms with Gasteiger partial charge in [0.05, 0.1) is 10.2 Å². The van der Waals surface area contributed by atoms with Crippen molar-refractivity contribution >= 4 is 68.7 Å². The molecule has 0 spiro atoms. The van der Waals surface area contributed by atoms with Crippen molar-refractivity contribution in [2.75, 3.05) is 16.8 Å². The van der Waals surface area contributed by atoms with Gasteiger partial charge in [0.25, 0.3) is 17.7 Å². The molecule has 1 heterocycles. The maximum Gasteiger partial charge on any atom is 0.335 e. The molecule has 0 radical (unpaired) electrons. The van der Waals surface area contributed by atoms with Gasteiger partial charge in [-0.05, 0) is 82.5 Å². The zero-order valence-corrected chi connectivity index (χ0v) is 21.2. The van der Waals surface area contributed by atoms with Gasteiger partial charge in [-0.2, -0.15) is 0 Å². The van der Waals surface area contributed by atoms with E-state index in [9.17, 15) is 19.2 Å². The normalized spacial score (nSPS) is 14.6. The number of carbonyl (C=O) groups excluding carboxylic acids is 4. The van der Waals surface area contributed by atoms with Gasteiger partial charge in [-0.25, -0.2) is 9.69 Å². The highest BCUT2D eigenvalue weighted by molar-refractivity contribution is 9.10. The van der Waals surface area contributed by atoms with Gasteiger partial charge in [0, 0.05) is 10.7 Å². The van der Waals surface area contributed by atoms with E-state index in [1.165, 1.54) is 18.2 Å². The average molecular weight is 569 g/mol. The SMILES string of the molecule is Cc1cccc(NC(=O)COc2ccc(/C=C3\C(=O)NC(=O)N(c4cccc(Cl)c4)C3=O)cc2Br)c1. The highest BCUT2D eigenvalue weighted by Crippen LogP contribution is 2.29. The first-order valence-electron chi connectivity index (χ1n) is 10.7. The van der Waals surface area contributed by atoms with Crippen molar-refractivity contribution in [3.8, 4) is 5.75 Å². The van der Waals surface area contributed by atoms with E-state index in [1.54, 1.807) is 36.4 Å².